The Morgan fingerprint density at radius 3 is 2.67 bits per heavy atom. The van der Waals surface area contributed by atoms with E-state index in [9.17, 15) is 4.79 Å². The molecule has 0 fully saturated rings. The van der Waals surface area contributed by atoms with Gasteiger partial charge in [0.15, 0.2) is 0 Å². The maximum atomic E-state index is 12.1. The number of aryl methyl sites for hydroxylation is 2. The van der Waals surface area contributed by atoms with Gasteiger partial charge in [0.2, 0.25) is 5.91 Å². The predicted octanol–water partition coefficient (Wildman–Crippen LogP) is 3.88. The Hall–Kier alpha value is -1.75. The third-order valence-corrected chi connectivity index (χ3v) is 4.56. The highest BCUT2D eigenvalue weighted by Crippen LogP contribution is 2.26. The van der Waals surface area contributed by atoms with E-state index in [0.29, 0.717) is 11.7 Å². The molecule has 0 unspecified atom stereocenters. The topological polar surface area (TPSA) is 57.8 Å². The Labute approximate surface area is 129 Å². The summed E-state index contributed by atoms with van der Waals surface area (Å²) in [4.78, 5) is 13.2. The summed E-state index contributed by atoms with van der Waals surface area (Å²) in [5, 5.41) is 10.1. The third-order valence-electron chi connectivity index (χ3n) is 3.27. The number of carbonyl (C=O) groups excluding carboxylic acids is 1. The lowest BCUT2D eigenvalue weighted by Crippen LogP contribution is -2.15. The molecule has 0 atom stereocenters. The first-order chi connectivity index (χ1) is 9.99. The van der Waals surface area contributed by atoms with Crippen molar-refractivity contribution < 1.29 is 4.79 Å². The highest BCUT2D eigenvalue weighted by Gasteiger charge is 2.12. The minimum Gasteiger partial charge on any atom is -0.325 e. The lowest BCUT2D eigenvalue weighted by molar-refractivity contribution is -0.113. The summed E-state index contributed by atoms with van der Waals surface area (Å²) in [7, 11) is 0. The van der Waals surface area contributed by atoms with E-state index in [0.717, 1.165) is 27.5 Å². The standard InChI is InChI=1S/C16H21N3OS/c1-10(2)13-7-5-6-8-14(13)17-15(20)9-21-16-11(3)18-19-12(16)4/h5-8,10H,9H2,1-4H3,(H,17,20)(H,18,19). The van der Waals surface area contributed by atoms with Crippen molar-refractivity contribution in [2.45, 2.75) is 38.5 Å². The van der Waals surface area contributed by atoms with Crippen molar-refractivity contribution in [3.8, 4) is 0 Å². The number of rotatable bonds is 5. The Morgan fingerprint density at radius 2 is 2.05 bits per heavy atom. The molecule has 1 aromatic heterocycles. The van der Waals surface area contributed by atoms with Crippen molar-refractivity contribution >= 4 is 23.4 Å². The molecule has 5 heteroatoms. The van der Waals surface area contributed by atoms with Gasteiger partial charge in [-0.2, -0.15) is 5.10 Å². The number of hydrogen-bond donors (Lipinski definition) is 2. The van der Waals surface area contributed by atoms with Crippen LogP contribution in [0.25, 0.3) is 0 Å². The molecule has 0 aliphatic rings. The summed E-state index contributed by atoms with van der Waals surface area (Å²) in [6, 6.07) is 7.95. The van der Waals surface area contributed by atoms with Crippen LogP contribution < -0.4 is 5.32 Å². The number of thioether (sulfide) groups is 1. The zero-order chi connectivity index (χ0) is 15.4. The first-order valence-electron chi connectivity index (χ1n) is 7.02. The Kier molecular flexibility index (Phi) is 5.07. The average molecular weight is 303 g/mol. The fourth-order valence-corrected chi connectivity index (χ4v) is 3.06. The summed E-state index contributed by atoms with van der Waals surface area (Å²) in [5.74, 6) is 0.772. The number of para-hydroxylation sites is 1. The largest absolute Gasteiger partial charge is 0.325 e. The van der Waals surface area contributed by atoms with Gasteiger partial charge in [0.25, 0.3) is 0 Å². The van der Waals surface area contributed by atoms with E-state index in [1.165, 1.54) is 11.8 Å². The van der Waals surface area contributed by atoms with Crippen LogP contribution in [0.4, 0.5) is 5.69 Å². The van der Waals surface area contributed by atoms with E-state index < -0.39 is 0 Å². The van der Waals surface area contributed by atoms with Crippen LogP contribution in [0.1, 0.15) is 36.7 Å². The molecule has 1 amide bonds. The molecule has 21 heavy (non-hydrogen) atoms. The molecule has 1 heterocycles. The summed E-state index contributed by atoms with van der Waals surface area (Å²) >= 11 is 1.52. The zero-order valence-corrected chi connectivity index (χ0v) is 13.7. The van der Waals surface area contributed by atoms with Crippen LogP contribution in [-0.4, -0.2) is 21.9 Å². The van der Waals surface area contributed by atoms with Gasteiger partial charge >= 0.3 is 0 Å². The number of H-pyrrole nitrogens is 1. The van der Waals surface area contributed by atoms with Crippen LogP contribution in [0.3, 0.4) is 0 Å². The zero-order valence-electron chi connectivity index (χ0n) is 12.9. The smallest absolute Gasteiger partial charge is 0.234 e. The maximum absolute atomic E-state index is 12.1. The van der Waals surface area contributed by atoms with Crippen molar-refractivity contribution in [3.05, 3.63) is 41.2 Å². The van der Waals surface area contributed by atoms with Crippen LogP contribution in [0, 0.1) is 13.8 Å². The molecule has 1 aromatic carbocycles. The molecule has 2 rings (SSSR count). The molecular formula is C16H21N3OS. The Bertz CT molecular complexity index is 615. The average Bonchev–Trinajstić information content (AvgIpc) is 2.76. The lowest BCUT2D eigenvalue weighted by atomic mass is 10.0. The van der Waals surface area contributed by atoms with Crippen LogP contribution in [0.15, 0.2) is 29.2 Å². The second-order valence-electron chi connectivity index (χ2n) is 5.34. The Balaban J connectivity index is 2.00. The van der Waals surface area contributed by atoms with Crippen molar-refractivity contribution in [1.82, 2.24) is 10.2 Å². The minimum atomic E-state index is 0.00750. The van der Waals surface area contributed by atoms with Gasteiger partial charge in [-0.1, -0.05) is 32.0 Å². The number of anilines is 1. The molecule has 0 bridgehead atoms. The van der Waals surface area contributed by atoms with Gasteiger partial charge in [-0.15, -0.1) is 11.8 Å². The summed E-state index contributed by atoms with van der Waals surface area (Å²) in [6.07, 6.45) is 0. The second-order valence-corrected chi connectivity index (χ2v) is 6.33. The fraction of sp³-hybridized carbons (Fsp3) is 0.375. The number of amides is 1. The van der Waals surface area contributed by atoms with E-state index in [1.54, 1.807) is 0 Å². The Morgan fingerprint density at radius 1 is 1.33 bits per heavy atom. The van der Waals surface area contributed by atoms with E-state index in [4.69, 9.17) is 0 Å². The molecule has 0 radical (unpaired) electrons. The van der Waals surface area contributed by atoms with Gasteiger partial charge < -0.3 is 5.32 Å². The van der Waals surface area contributed by atoms with E-state index in [2.05, 4.69) is 35.4 Å². The molecule has 2 aromatic rings. The number of hydrogen-bond acceptors (Lipinski definition) is 3. The van der Waals surface area contributed by atoms with Crippen LogP contribution in [0.5, 0.6) is 0 Å². The highest BCUT2D eigenvalue weighted by molar-refractivity contribution is 8.00. The quantitative estimate of drug-likeness (QED) is 0.824. The van der Waals surface area contributed by atoms with Gasteiger partial charge in [0.05, 0.1) is 16.3 Å². The third kappa shape index (κ3) is 3.88. The molecule has 0 aliphatic heterocycles. The maximum Gasteiger partial charge on any atom is 0.234 e. The summed E-state index contributed by atoms with van der Waals surface area (Å²) in [6.45, 7) is 8.15. The second kappa shape index (κ2) is 6.80. The van der Waals surface area contributed by atoms with E-state index in [1.807, 2.05) is 32.0 Å². The molecule has 4 nitrogen and oxygen atoms in total. The predicted molar refractivity (Wildman–Crippen MR) is 87.9 cm³/mol. The van der Waals surface area contributed by atoms with Gasteiger partial charge in [-0.05, 0) is 31.4 Å². The lowest BCUT2D eigenvalue weighted by Gasteiger charge is -2.13. The van der Waals surface area contributed by atoms with Crippen LogP contribution in [0.2, 0.25) is 0 Å². The van der Waals surface area contributed by atoms with Crippen molar-refractivity contribution in [2.24, 2.45) is 0 Å². The highest BCUT2D eigenvalue weighted by atomic mass is 32.2. The van der Waals surface area contributed by atoms with Gasteiger partial charge in [0.1, 0.15) is 0 Å². The minimum absolute atomic E-state index is 0.00750. The summed E-state index contributed by atoms with van der Waals surface area (Å²) in [5.41, 5.74) is 4.01. The SMILES string of the molecule is Cc1n[nH]c(C)c1SCC(=O)Nc1ccccc1C(C)C. The van der Waals surface area contributed by atoms with Gasteiger partial charge in [-0.3, -0.25) is 9.89 Å². The number of aromatic nitrogens is 2. The molecule has 0 saturated carbocycles. The molecular weight excluding hydrogens is 282 g/mol. The molecule has 2 N–H and O–H groups in total. The van der Waals surface area contributed by atoms with E-state index in [-0.39, 0.29) is 5.91 Å². The number of aromatic amines is 1. The number of nitrogens with zero attached hydrogens (tertiary/aromatic N) is 1. The van der Waals surface area contributed by atoms with Gasteiger partial charge in [0, 0.05) is 11.4 Å². The van der Waals surface area contributed by atoms with E-state index >= 15 is 0 Å². The number of benzene rings is 1. The van der Waals surface area contributed by atoms with Crippen molar-refractivity contribution in [3.63, 3.8) is 0 Å². The molecule has 0 spiro atoms. The molecule has 112 valence electrons. The summed E-state index contributed by atoms with van der Waals surface area (Å²) < 4.78 is 0. The van der Waals surface area contributed by atoms with Crippen molar-refractivity contribution in [1.29, 1.82) is 0 Å². The first-order valence-corrected chi connectivity index (χ1v) is 8.00. The van der Waals surface area contributed by atoms with Crippen molar-refractivity contribution in [2.75, 3.05) is 11.1 Å². The normalized spacial score (nSPS) is 10.9. The molecule has 0 saturated heterocycles. The van der Waals surface area contributed by atoms with Gasteiger partial charge in [-0.25, -0.2) is 0 Å². The van der Waals surface area contributed by atoms with Crippen LogP contribution in [-0.2, 0) is 4.79 Å². The van der Waals surface area contributed by atoms with Crippen LogP contribution >= 0.6 is 11.8 Å². The monoisotopic (exact) mass is 303 g/mol. The number of nitrogens with one attached hydrogen (secondary N) is 2. The number of carbonyl (C=O) groups is 1. The molecule has 0 aliphatic carbocycles. The first kappa shape index (κ1) is 15.6. The fourth-order valence-electron chi connectivity index (χ4n) is 2.19.